The van der Waals surface area contributed by atoms with E-state index in [4.69, 9.17) is 0 Å². The fraction of sp³-hybridized carbons (Fsp3) is 0.647. The van der Waals surface area contributed by atoms with Gasteiger partial charge >= 0.3 is 0 Å². The molecule has 1 rings (SSSR count). The Morgan fingerprint density at radius 1 is 1.00 bits per heavy atom. The first-order valence-corrected chi connectivity index (χ1v) is 7.67. The summed E-state index contributed by atoms with van der Waals surface area (Å²) in [6.07, 6.45) is 4.42. The van der Waals surface area contributed by atoms with Crippen molar-refractivity contribution in [3.05, 3.63) is 35.9 Å². The molecule has 2 nitrogen and oxygen atoms in total. The SMILES string of the molecule is CCCCN(CCCC)[C@H](C)[C@@H](O)c1ccccc1. The lowest BCUT2D eigenvalue weighted by molar-refractivity contribution is 0.0560. The molecule has 0 aromatic heterocycles. The van der Waals surface area contributed by atoms with Crippen LogP contribution in [-0.2, 0) is 0 Å². The molecule has 0 amide bonds. The number of nitrogens with zero attached hydrogens (tertiary/aromatic N) is 1. The molecule has 0 aliphatic carbocycles. The van der Waals surface area contributed by atoms with Gasteiger partial charge in [-0.25, -0.2) is 0 Å². The zero-order valence-corrected chi connectivity index (χ0v) is 12.7. The Labute approximate surface area is 118 Å². The molecule has 108 valence electrons. The normalized spacial score (nSPS) is 14.6. The number of rotatable bonds is 9. The van der Waals surface area contributed by atoms with Crippen molar-refractivity contribution in [3.63, 3.8) is 0 Å². The molecule has 1 aromatic rings. The van der Waals surface area contributed by atoms with Gasteiger partial charge in [-0.3, -0.25) is 4.90 Å². The maximum absolute atomic E-state index is 10.5. The quantitative estimate of drug-likeness (QED) is 0.727. The van der Waals surface area contributed by atoms with Crippen LogP contribution < -0.4 is 0 Å². The average molecular weight is 263 g/mol. The van der Waals surface area contributed by atoms with Gasteiger partial charge in [-0.15, -0.1) is 0 Å². The molecule has 0 radical (unpaired) electrons. The Morgan fingerprint density at radius 3 is 2.00 bits per heavy atom. The molecule has 0 saturated heterocycles. The molecule has 0 fully saturated rings. The van der Waals surface area contributed by atoms with Gasteiger partial charge < -0.3 is 5.11 Å². The van der Waals surface area contributed by atoms with Gasteiger partial charge in [0, 0.05) is 6.04 Å². The number of unbranched alkanes of at least 4 members (excludes halogenated alkanes) is 2. The predicted octanol–water partition coefficient (Wildman–Crippen LogP) is 4.01. The van der Waals surface area contributed by atoms with E-state index in [1.165, 1.54) is 25.7 Å². The van der Waals surface area contributed by atoms with E-state index in [0.717, 1.165) is 18.7 Å². The van der Waals surface area contributed by atoms with Crippen molar-refractivity contribution in [2.75, 3.05) is 13.1 Å². The van der Waals surface area contributed by atoms with E-state index in [-0.39, 0.29) is 6.04 Å². The highest BCUT2D eigenvalue weighted by atomic mass is 16.3. The van der Waals surface area contributed by atoms with Crippen molar-refractivity contribution in [1.82, 2.24) is 4.90 Å². The second-order valence-corrected chi connectivity index (χ2v) is 5.34. The van der Waals surface area contributed by atoms with E-state index in [0.29, 0.717) is 0 Å². The van der Waals surface area contributed by atoms with Crippen molar-refractivity contribution >= 4 is 0 Å². The second-order valence-electron chi connectivity index (χ2n) is 5.34. The molecule has 2 atom stereocenters. The summed E-state index contributed by atoms with van der Waals surface area (Å²) >= 11 is 0. The topological polar surface area (TPSA) is 23.5 Å². The van der Waals surface area contributed by atoms with E-state index in [1.807, 2.05) is 30.3 Å². The summed E-state index contributed by atoms with van der Waals surface area (Å²) in [5.41, 5.74) is 1.02. The first-order chi connectivity index (χ1) is 9.20. The van der Waals surface area contributed by atoms with Gasteiger partial charge in [-0.1, -0.05) is 57.0 Å². The van der Waals surface area contributed by atoms with Crippen LogP contribution in [0.2, 0.25) is 0 Å². The van der Waals surface area contributed by atoms with Crippen LogP contribution >= 0.6 is 0 Å². The third-order valence-electron chi connectivity index (χ3n) is 3.77. The van der Waals surface area contributed by atoms with Crippen LogP contribution in [0.4, 0.5) is 0 Å². The van der Waals surface area contributed by atoms with Gasteiger partial charge in [0.1, 0.15) is 0 Å². The van der Waals surface area contributed by atoms with Crippen LogP contribution in [0.3, 0.4) is 0 Å². The van der Waals surface area contributed by atoms with Gasteiger partial charge in [-0.05, 0) is 38.4 Å². The largest absolute Gasteiger partial charge is 0.387 e. The highest BCUT2D eigenvalue weighted by molar-refractivity contribution is 5.18. The molecule has 0 bridgehead atoms. The molecular formula is C17H29NO. The average Bonchev–Trinajstić information content (AvgIpc) is 2.47. The number of hydrogen-bond donors (Lipinski definition) is 1. The minimum absolute atomic E-state index is 0.181. The zero-order valence-electron chi connectivity index (χ0n) is 12.7. The van der Waals surface area contributed by atoms with Gasteiger partial charge in [0.2, 0.25) is 0 Å². The third kappa shape index (κ3) is 5.33. The second kappa shape index (κ2) is 9.11. The van der Waals surface area contributed by atoms with Crippen molar-refractivity contribution in [3.8, 4) is 0 Å². The first kappa shape index (κ1) is 16.2. The van der Waals surface area contributed by atoms with E-state index < -0.39 is 6.10 Å². The van der Waals surface area contributed by atoms with Crippen molar-refractivity contribution in [2.24, 2.45) is 0 Å². The van der Waals surface area contributed by atoms with Gasteiger partial charge in [-0.2, -0.15) is 0 Å². The molecule has 0 heterocycles. The van der Waals surface area contributed by atoms with Gasteiger partial charge in [0.05, 0.1) is 6.10 Å². The fourth-order valence-corrected chi connectivity index (χ4v) is 2.37. The Morgan fingerprint density at radius 2 is 1.53 bits per heavy atom. The maximum Gasteiger partial charge on any atom is 0.0942 e. The molecular weight excluding hydrogens is 234 g/mol. The summed E-state index contributed by atoms with van der Waals surface area (Å²) < 4.78 is 0. The predicted molar refractivity (Wildman–Crippen MR) is 82.3 cm³/mol. The minimum atomic E-state index is -0.394. The smallest absolute Gasteiger partial charge is 0.0942 e. The van der Waals surface area contributed by atoms with Crippen LogP contribution in [0, 0.1) is 0 Å². The first-order valence-electron chi connectivity index (χ1n) is 7.67. The van der Waals surface area contributed by atoms with Crippen LogP contribution in [-0.4, -0.2) is 29.1 Å². The van der Waals surface area contributed by atoms with Crippen LogP contribution in [0.25, 0.3) is 0 Å². The minimum Gasteiger partial charge on any atom is -0.387 e. The Hall–Kier alpha value is -0.860. The summed E-state index contributed by atoms with van der Waals surface area (Å²) in [5.74, 6) is 0. The Balaban J connectivity index is 2.65. The molecule has 0 aliphatic heterocycles. The van der Waals surface area contributed by atoms with E-state index in [2.05, 4.69) is 25.7 Å². The van der Waals surface area contributed by atoms with E-state index in [1.54, 1.807) is 0 Å². The number of hydrogen-bond acceptors (Lipinski definition) is 2. The summed E-state index contributed by atoms with van der Waals surface area (Å²) in [7, 11) is 0. The molecule has 0 spiro atoms. The molecule has 19 heavy (non-hydrogen) atoms. The van der Waals surface area contributed by atoms with E-state index >= 15 is 0 Å². The third-order valence-corrected chi connectivity index (χ3v) is 3.77. The van der Waals surface area contributed by atoms with Crippen LogP contribution in [0.15, 0.2) is 30.3 Å². The Kier molecular flexibility index (Phi) is 7.76. The van der Waals surface area contributed by atoms with Crippen molar-refractivity contribution in [2.45, 2.75) is 58.6 Å². The zero-order chi connectivity index (χ0) is 14.1. The number of benzene rings is 1. The number of aliphatic hydroxyl groups is 1. The van der Waals surface area contributed by atoms with Crippen LogP contribution in [0.1, 0.15) is 58.1 Å². The summed E-state index contributed by atoms with van der Waals surface area (Å²) in [6, 6.07) is 10.2. The van der Waals surface area contributed by atoms with Crippen molar-refractivity contribution < 1.29 is 5.11 Å². The van der Waals surface area contributed by atoms with Crippen LogP contribution in [0.5, 0.6) is 0 Å². The summed E-state index contributed by atoms with van der Waals surface area (Å²) in [6.45, 7) is 8.75. The lowest BCUT2D eigenvalue weighted by Crippen LogP contribution is -2.39. The molecule has 0 aliphatic rings. The van der Waals surface area contributed by atoms with E-state index in [9.17, 15) is 5.11 Å². The van der Waals surface area contributed by atoms with Gasteiger partial charge in [0.25, 0.3) is 0 Å². The summed E-state index contributed by atoms with van der Waals surface area (Å²) in [5, 5.41) is 10.5. The lowest BCUT2D eigenvalue weighted by atomic mass is 10.0. The Bertz CT molecular complexity index is 317. The lowest BCUT2D eigenvalue weighted by Gasteiger charge is -2.32. The number of aliphatic hydroxyl groups excluding tert-OH is 1. The standard InChI is InChI=1S/C17H29NO/c1-4-6-13-18(14-7-5-2)15(3)17(19)16-11-9-8-10-12-16/h8-12,15,17,19H,4-7,13-14H2,1-3H3/t15-,17-/m1/s1. The van der Waals surface area contributed by atoms with Gasteiger partial charge in [0.15, 0.2) is 0 Å². The summed E-state index contributed by atoms with van der Waals surface area (Å²) in [4.78, 5) is 2.44. The highest BCUT2D eigenvalue weighted by Crippen LogP contribution is 2.21. The van der Waals surface area contributed by atoms with Crippen molar-refractivity contribution in [1.29, 1.82) is 0 Å². The fourth-order valence-electron chi connectivity index (χ4n) is 2.37. The monoisotopic (exact) mass is 263 g/mol. The molecule has 2 heteroatoms. The molecule has 1 N–H and O–H groups in total. The molecule has 1 aromatic carbocycles. The highest BCUT2D eigenvalue weighted by Gasteiger charge is 2.22. The maximum atomic E-state index is 10.5. The molecule has 0 saturated carbocycles. The molecule has 0 unspecified atom stereocenters.